The molecule has 4 rings (SSSR count). The average Bonchev–Trinajstić information content (AvgIpc) is 3.35. The van der Waals surface area contributed by atoms with Crippen molar-refractivity contribution >= 4 is 17.7 Å². The van der Waals surface area contributed by atoms with Gasteiger partial charge in [-0.1, -0.05) is 60.7 Å². The number of amides is 1. The molecule has 0 bridgehead atoms. The number of hydrogen-bond donors (Lipinski definition) is 1. The Hall–Kier alpha value is -4.52. The van der Waals surface area contributed by atoms with Crippen molar-refractivity contribution in [2.75, 3.05) is 0 Å². The van der Waals surface area contributed by atoms with Crippen LogP contribution in [0.4, 0.5) is 5.69 Å². The van der Waals surface area contributed by atoms with E-state index >= 15 is 0 Å². The quantitative estimate of drug-likeness (QED) is 0.242. The van der Waals surface area contributed by atoms with E-state index in [1.807, 2.05) is 41.2 Å². The lowest BCUT2D eigenvalue weighted by atomic mass is 9.98. The molecule has 0 atom stereocenters. The molecule has 0 radical (unpaired) electrons. The van der Waals surface area contributed by atoms with Crippen LogP contribution in [0.2, 0.25) is 0 Å². The summed E-state index contributed by atoms with van der Waals surface area (Å²) >= 11 is 0. The van der Waals surface area contributed by atoms with Crippen LogP contribution in [0.25, 0.3) is 17.2 Å². The highest BCUT2D eigenvalue weighted by atomic mass is 16.6. The highest BCUT2D eigenvalue weighted by molar-refractivity contribution is 5.92. The van der Waals surface area contributed by atoms with Gasteiger partial charge in [0.2, 0.25) is 5.91 Å². The second kappa shape index (κ2) is 10.2. The van der Waals surface area contributed by atoms with Crippen LogP contribution in [-0.4, -0.2) is 20.6 Å². The molecule has 1 N–H and O–H groups in total. The highest BCUT2D eigenvalue weighted by Gasteiger charge is 2.10. The standard InChI is InChI=1S/C26H22N4O3/c31-26(15-14-22-6-2-4-9-25(22)30(32)33)27-18-23-7-1-3-8-24(23)21-12-10-20(11-13-21)19-29-17-5-16-28-29/h1-17H,18-19H2,(H,27,31). The van der Waals surface area contributed by atoms with Crippen molar-refractivity contribution in [2.24, 2.45) is 0 Å². The van der Waals surface area contributed by atoms with Gasteiger partial charge in [-0.15, -0.1) is 0 Å². The van der Waals surface area contributed by atoms with Gasteiger partial charge in [0.15, 0.2) is 0 Å². The van der Waals surface area contributed by atoms with E-state index in [4.69, 9.17) is 0 Å². The van der Waals surface area contributed by atoms with Gasteiger partial charge in [0.1, 0.15) is 0 Å². The zero-order valence-electron chi connectivity index (χ0n) is 17.8. The van der Waals surface area contributed by atoms with Crippen molar-refractivity contribution in [3.8, 4) is 11.1 Å². The molecule has 0 spiro atoms. The highest BCUT2D eigenvalue weighted by Crippen LogP contribution is 2.24. The fourth-order valence-electron chi connectivity index (χ4n) is 3.53. The molecule has 7 nitrogen and oxygen atoms in total. The Bertz CT molecular complexity index is 1280. The lowest BCUT2D eigenvalue weighted by Crippen LogP contribution is -2.20. The van der Waals surface area contributed by atoms with Crippen LogP contribution in [0.5, 0.6) is 0 Å². The van der Waals surface area contributed by atoms with Gasteiger partial charge in [-0.3, -0.25) is 19.6 Å². The van der Waals surface area contributed by atoms with Gasteiger partial charge < -0.3 is 5.32 Å². The van der Waals surface area contributed by atoms with Crippen LogP contribution in [0.15, 0.2) is 97.3 Å². The minimum atomic E-state index is -0.464. The molecule has 164 valence electrons. The Morgan fingerprint density at radius 2 is 1.76 bits per heavy atom. The smallest absolute Gasteiger partial charge is 0.276 e. The summed E-state index contributed by atoms with van der Waals surface area (Å²) in [6.07, 6.45) is 6.46. The maximum absolute atomic E-state index is 12.3. The summed E-state index contributed by atoms with van der Waals surface area (Å²) in [6, 6.07) is 24.4. The van der Waals surface area contributed by atoms with Crippen molar-refractivity contribution in [3.63, 3.8) is 0 Å². The fourth-order valence-corrected chi connectivity index (χ4v) is 3.53. The molecule has 3 aromatic carbocycles. The third-order valence-corrected chi connectivity index (χ3v) is 5.19. The van der Waals surface area contributed by atoms with Gasteiger partial charge in [0.05, 0.1) is 17.0 Å². The number of nitro benzene ring substituents is 1. The zero-order chi connectivity index (χ0) is 23.0. The molecule has 0 aliphatic heterocycles. The summed E-state index contributed by atoms with van der Waals surface area (Å²) in [5, 5.41) is 18.2. The Balaban J connectivity index is 1.43. The molecule has 4 aromatic rings. The van der Waals surface area contributed by atoms with Gasteiger partial charge >= 0.3 is 0 Å². The minimum Gasteiger partial charge on any atom is -0.348 e. The summed E-state index contributed by atoms with van der Waals surface area (Å²) < 4.78 is 1.87. The topological polar surface area (TPSA) is 90.1 Å². The Labute approximate surface area is 191 Å². The van der Waals surface area contributed by atoms with Crippen LogP contribution in [0, 0.1) is 10.1 Å². The second-order valence-corrected chi connectivity index (χ2v) is 7.42. The van der Waals surface area contributed by atoms with E-state index in [-0.39, 0.29) is 11.6 Å². The van der Waals surface area contributed by atoms with Crippen LogP contribution >= 0.6 is 0 Å². The first-order valence-corrected chi connectivity index (χ1v) is 10.4. The largest absolute Gasteiger partial charge is 0.348 e. The molecule has 0 unspecified atom stereocenters. The number of nitro groups is 1. The van der Waals surface area contributed by atoms with Crippen LogP contribution < -0.4 is 5.32 Å². The van der Waals surface area contributed by atoms with Crippen molar-refractivity contribution in [1.82, 2.24) is 15.1 Å². The van der Waals surface area contributed by atoms with E-state index in [1.165, 1.54) is 18.2 Å². The predicted octanol–water partition coefficient (Wildman–Crippen LogP) is 4.84. The number of hydrogen-bond acceptors (Lipinski definition) is 4. The summed E-state index contributed by atoms with van der Waals surface area (Å²) in [7, 11) is 0. The zero-order valence-corrected chi connectivity index (χ0v) is 17.8. The van der Waals surface area contributed by atoms with Gasteiger partial charge in [-0.2, -0.15) is 5.10 Å². The number of para-hydroxylation sites is 1. The first kappa shape index (κ1) is 21.7. The van der Waals surface area contributed by atoms with E-state index in [0.29, 0.717) is 18.7 Å². The van der Waals surface area contributed by atoms with Gasteiger partial charge in [-0.25, -0.2) is 0 Å². The van der Waals surface area contributed by atoms with Crippen LogP contribution in [0.1, 0.15) is 16.7 Å². The summed E-state index contributed by atoms with van der Waals surface area (Å²) in [5.74, 6) is -0.322. The van der Waals surface area contributed by atoms with Crippen molar-refractivity contribution in [3.05, 3.63) is 124 Å². The first-order valence-electron chi connectivity index (χ1n) is 10.4. The van der Waals surface area contributed by atoms with Gasteiger partial charge in [0, 0.05) is 31.1 Å². The number of carbonyl (C=O) groups is 1. The van der Waals surface area contributed by atoms with Crippen molar-refractivity contribution < 1.29 is 9.72 Å². The summed E-state index contributed by atoms with van der Waals surface area (Å²) in [6.45, 7) is 1.04. The molecular weight excluding hydrogens is 416 g/mol. The van der Waals surface area contributed by atoms with Crippen molar-refractivity contribution in [1.29, 1.82) is 0 Å². The van der Waals surface area contributed by atoms with E-state index in [0.717, 1.165) is 22.3 Å². The molecule has 0 aliphatic rings. The first-order chi connectivity index (χ1) is 16.1. The van der Waals surface area contributed by atoms with E-state index < -0.39 is 4.92 Å². The summed E-state index contributed by atoms with van der Waals surface area (Å²) in [4.78, 5) is 23.0. The molecule has 0 saturated heterocycles. The Kier molecular flexibility index (Phi) is 6.70. The Morgan fingerprint density at radius 1 is 1.00 bits per heavy atom. The number of aromatic nitrogens is 2. The van der Waals surface area contributed by atoms with Crippen LogP contribution in [-0.2, 0) is 17.9 Å². The maximum atomic E-state index is 12.3. The summed E-state index contributed by atoms with van der Waals surface area (Å²) in [5.41, 5.74) is 4.56. The Morgan fingerprint density at radius 3 is 2.52 bits per heavy atom. The van der Waals surface area contributed by atoms with Crippen molar-refractivity contribution in [2.45, 2.75) is 13.1 Å². The molecule has 0 fully saturated rings. The predicted molar refractivity (Wildman–Crippen MR) is 127 cm³/mol. The monoisotopic (exact) mass is 438 g/mol. The van der Waals surface area contributed by atoms with Crippen LogP contribution in [0.3, 0.4) is 0 Å². The number of nitrogens with one attached hydrogen (secondary N) is 1. The molecular formula is C26H22N4O3. The fraction of sp³-hybridized carbons (Fsp3) is 0.0769. The number of rotatable bonds is 8. The second-order valence-electron chi connectivity index (χ2n) is 7.42. The third kappa shape index (κ3) is 5.59. The van der Waals surface area contributed by atoms with E-state index in [9.17, 15) is 14.9 Å². The SMILES string of the molecule is O=C(C=Cc1ccccc1[N+](=O)[O-])NCc1ccccc1-c1ccc(Cn2cccn2)cc1. The number of carbonyl (C=O) groups excluding carboxylic acids is 1. The molecule has 1 heterocycles. The molecule has 1 aromatic heterocycles. The lowest BCUT2D eigenvalue weighted by Gasteiger charge is -2.11. The molecule has 0 aliphatic carbocycles. The minimum absolute atomic E-state index is 0.0390. The van der Waals surface area contributed by atoms with E-state index in [2.05, 4.69) is 34.7 Å². The molecule has 0 saturated carbocycles. The number of benzene rings is 3. The molecule has 1 amide bonds. The molecule has 33 heavy (non-hydrogen) atoms. The number of nitrogens with zero attached hydrogens (tertiary/aromatic N) is 3. The van der Waals surface area contributed by atoms with E-state index in [1.54, 1.807) is 24.4 Å². The lowest BCUT2D eigenvalue weighted by molar-refractivity contribution is -0.385. The third-order valence-electron chi connectivity index (χ3n) is 5.19. The molecule has 7 heteroatoms. The van der Waals surface area contributed by atoms with Gasteiger partial charge in [-0.05, 0) is 40.5 Å². The van der Waals surface area contributed by atoms with Gasteiger partial charge in [0.25, 0.3) is 5.69 Å². The average molecular weight is 438 g/mol. The normalized spacial score (nSPS) is 10.9. The maximum Gasteiger partial charge on any atom is 0.276 e.